The largest absolute Gasteiger partial charge is 0.426 e. The standard InChI is InChI=1S/C21H27NO7/c23-10-15-17(25)18(26)19(29-15)22-2-1-14(6-16(22)24)28-20(27)21-7-11-3-12(8-21)5-13(4-11)9-21/h1-2,6,11-13,15,17-19,23,25-26H,3-5,7-10H2/t11?,12?,13?,15-,17-,18-,19-,21?/m1/s1. The summed E-state index contributed by atoms with van der Waals surface area (Å²) in [6.07, 6.45) is 3.03. The zero-order valence-corrected chi connectivity index (χ0v) is 16.1. The van der Waals surface area contributed by atoms with Crippen molar-refractivity contribution in [1.82, 2.24) is 4.57 Å². The highest BCUT2D eigenvalue weighted by Gasteiger charge is 2.55. The Morgan fingerprint density at radius 2 is 1.76 bits per heavy atom. The number of aromatic nitrogens is 1. The molecule has 29 heavy (non-hydrogen) atoms. The van der Waals surface area contributed by atoms with Gasteiger partial charge in [-0.05, 0) is 62.3 Å². The van der Waals surface area contributed by atoms with Crippen molar-refractivity contribution in [1.29, 1.82) is 0 Å². The van der Waals surface area contributed by atoms with E-state index in [-0.39, 0.29) is 11.7 Å². The molecule has 1 saturated heterocycles. The van der Waals surface area contributed by atoms with Gasteiger partial charge >= 0.3 is 5.97 Å². The quantitative estimate of drug-likeness (QED) is 0.627. The second-order valence-corrected chi connectivity index (χ2v) is 9.42. The van der Waals surface area contributed by atoms with Crippen molar-refractivity contribution in [3.05, 3.63) is 28.7 Å². The minimum atomic E-state index is -1.34. The van der Waals surface area contributed by atoms with Gasteiger partial charge in [0.25, 0.3) is 5.56 Å². The van der Waals surface area contributed by atoms with Gasteiger partial charge in [0, 0.05) is 12.3 Å². The van der Waals surface area contributed by atoms with Crippen LogP contribution in [-0.4, -0.2) is 50.8 Å². The van der Waals surface area contributed by atoms with Crippen molar-refractivity contribution in [2.75, 3.05) is 6.61 Å². The van der Waals surface area contributed by atoms with E-state index < -0.39 is 42.1 Å². The highest BCUT2D eigenvalue weighted by atomic mass is 16.6. The molecule has 0 aromatic carbocycles. The topological polar surface area (TPSA) is 118 Å². The molecule has 0 unspecified atom stereocenters. The maximum absolute atomic E-state index is 13.0. The Morgan fingerprint density at radius 1 is 1.14 bits per heavy atom. The van der Waals surface area contributed by atoms with Gasteiger partial charge in [0.2, 0.25) is 0 Å². The highest BCUT2D eigenvalue weighted by molar-refractivity contribution is 5.79. The summed E-state index contributed by atoms with van der Waals surface area (Å²) >= 11 is 0. The number of hydrogen-bond acceptors (Lipinski definition) is 7. The molecule has 5 aliphatic rings. The maximum Gasteiger partial charge on any atom is 0.317 e. The first-order chi connectivity index (χ1) is 13.9. The van der Waals surface area contributed by atoms with Crippen LogP contribution in [0.5, 0.6) is 5.75 Å². The lowest BCUT2D eigenvalue weighted by Crippen LogP contribution is -2.51. The third-order valence-corrected chi connectivity index (χ3v) is 7.39. The molecule has 5 fully saturated rings. The summed E-state index contributed by atoms with van der Waals surface area (Å²) in [4.78, 5) is 25.6. The second-order valence-electron chi connectivity index (χ2n) is 9.42. The molecule has 1 aromatic rings. The van der Waals surface area contributed by atoms with Crippen LogP contribution in [0.3, 0.4) is 0 Å². The predicted molar refractivity (Wildman–Crippen MR) is 100.0 cm³/mol. The molecule has 1 aromatic heterocycles. The summed E-state index contributed by atoms with van der Waals surface area (Å²) in [5.74, 6) is 1.80. The maximum atomic E-state index is 13.0. The fourth-order valence-corrected chi connectivity index (χ4v) is 6.43. The Hall–Kier alpha value is -1.74. The lowest BCUT2D eigenvalue weighted by Gasteiger charge is -2.55. The lowest BCUT2D eigenvalue weighted by atomic mass is 9.49. The van der Waals surface area contributed by atoms with Gasteiger partial charge in [0.15, 0.2) is 6.23 Å². The molecule has 0 radical (unpaired) electrons. The number of esters is 1. The Morgan fingerprint density at radius 3 is 2.28 bits per heavy atom. The first-order valence-electron chi connectivity index (χ1n) is 10.5. The van der Waals surface area contributed by atoms with E-state index in [1.807, 2.05) is 0 Å². The van der Waals surface area contributed by atoms with Crippen LogP contribution in [0.15, 0.2) is 23.1 Å². The van der Waals surface area contributed by atoms with Gasteiger partial charge in [-0.1, -0.05) is 0 Å². The molecule has 4 bridgehead atoms. The summed E-state index contributed by atoms with van der Waals surface area (Å²) in [5.41, 5.74) is -0.928. The Bertz CT molecular complexity index is 830. The summed E-state index contributed by atoms with van der Waals surface area (Å²) in [6.45, 7) is -0.468. The average Bonchev–Trinajstić information content (AvgIpc) is 2.95. The smallest absolute Gasteiger partial charge is 0.317 e. The third-order valence-electron chi connectivity index (χ3n) is 7.39. The Kier molecular flexibility index (Phi) is 4.58. The molecule has 2 heterocycles. The van der Waals surface area contributed by atoms with Crippen molar-refractivity contribution in [2.45, 2.75) is 63.1 Å². The molecule has 0 spiro atoms. The van der Waals surface area contributed by atoms with Crippen LogP contribution in [0.1, 0.15) is 44.8 Å². The average molecular weight is 405 g/mol. The number of aliphatic hydroxyl groups is 3. The van der Waals surface area contributed by atoms with E-state index in [1.165, 1.54) is 37.6 Å². The van der Waals surface area contributed by atoms with E-state index in [2.05, 4.69) is 0 Å². The van der Waals surface area contributed by atoms with Crippen LogP contribution >= 0.6 is 0 Å². The lowest BCUT2D eigenvalue weighted by molar-refractivity contribution is -0.161. The summed E-state index contributed by atoms with van der Waals surface area (Å²) in [6, 6.07) is 2.70. The zero-order chi connectivity index (χ0) is 20.3. The third kappa shape index (κ3) is 3.13. The van der Waals surface area contributed by atoms with E-state index in [0.29, 0.717) is 17.8 Å². The summed E-state index contributed by atoms with van der Waals surface area (Å²) in [5, 5.41) is 29.2. The number of nitrogens with zero attached hydrogens (tertiary/aromatic N) is 1. The van der Waals surface area contributed by atoms with Crippen molar-refractivity contribution in [2.24, 2.45) is 23.2 Å². The number of carbonyl (C=O) groups excluding carboxylic acids is 1. The molecule has 4 atom stereocenters. The van der Waals surface area contributed by atoms with Crippen molar-refractivity contribution < 1.29 is 29.6 Å². The molecule has 1 aliphatic heterocycles. The number of hydrogen-bond donors (Lipinski definition) is 3. The number of aliphatic hydroxyl groups excluding tert-OH is 3. The van der Waals surface area contributed by atoms with Crippen molar-refractivity contribution >= 4 is 5.97 Å². The molecule has 8 nitrogen and oxygen atoms in total. The van der Waals surface area contributed by atoms with Crippen LogP contribution in [0.4, 0.5) is 0 Å². The van der Waals surface area contributed by atoms with E-state index in [1.54, 1.807) is 0 Å². The SMILES string of the molecule is O=C(Oc1ccn([C@@H]2O[C@H](CO)[C@@H](O)[C@H]2O)c(=O)c1)C12CC3CC(CC(C3)C1)C2. The fraction of sp³-hybridized carbons (Fsp3) is 0.714. The monoisotopic (exact) mass is 405 g/mol. The minimum absolute atomic E-state index is 0.179. The molecule has 0 amide bonds. The number of pyridine rings is 1. The van der Waals surface area contributed by atoms with Gasteiger partial charge in [-0.3, -0.25) is 14.2 Å². The fourth-order valence-electron chi connectivity index (χ4n) is 6.43. The van der Waals surface area contributed by atoms with Crippen molar-refractivity contribution in [3.63, 3.8) is 0 Å². The van der Waals surface area contributed by atoms with Crippen LogP contribution in [0.25, 0.3) is 0 Å². The van der Waals surface area contributed by atoms with Crippen LogP contribution in [0.2, 0.25) is 0 Å². The van der Waals surface area contributed by atoms with Gasteiger partial charge in [-0.25, -0.2) is 0 Å². The molecular weight excluding hydrogens is 378 g/mol. The van der Waals surface area contributed by atoms with Gasteiger partial charge in [0.05, 0.1) is 12.0 Å². The Balaban J connectivity index is 1.33. The molecule has 4 aliphatic carbocycles. The first kappa shape index (κ1) is 19.2. The highest BCUT2D eigenvalue weighted by Crippen LogP contribution is 2.60. The number of ether oxygens (including phenoxy) is 2. The van der Waals surface area contributed by atoms with Gasteiger partial charge < -0.3 is 24.8 Å². The van der Waals surface area contributed by atoms with Crippen LogP contribution < -0.4 is 10.3 Å². The number of carbonyl (C=O) groups is 1. The van der Waals surface area contributed by atoms with E-state index >= 15 is 0 Å². The van der Waals surface area contributed by atoms with Gasteiger partial charge in [0.1, 0.15) is 24.1 Å². The molecular formula is C21H27NO7. The van der Waals surface area contributed by atoms with E-state index in [0.717, 1.165) is 23.8 Å². The molecule has 4 saturated carbocycles. The molecule has 3 N–H and O–H groups in total. The Labute approximate surface area is 168 Å². The minimum Gasteiger partial charge on any atom is -0.426 e. The van der Waals surface area contributed by atoms with Gasteiger partial charge in [-0.2, -0.15) is 0 Å². The number of rotatable bonds is 4. The second kappa shape index (κ2) is 6.91. The van der Waals surface area contributed by atoms with Crippen LogP contribution in [0, 0.1) is 23.2 Å². The van der Waals surface area contributed by atoms with E-state index in [9.17, 15) is 24.9 Å². The first-order valence-corrected chi connectivity index (χ1v) is 10.5. The van der Waals surface area contributed by atoms with Gasteiger partial charge in [-0.15, -0.1) is 0 Å². The summed E-state index contributed by atoms with van der Waals surface area (Å²) < 4.78 is 12.2. The van der Waals surface area contributed by atoms with Crippen LogP contribution in [-0.2, 0) is 9.53 Å². The zero-order valence-electron chi connectivity index (χ0n) is 16.1. The predicted octanol–water partition coefficient (Wildman–Crippen LogP) is 0.582. The molecule has 8 heteroatoms. The summed E-state index contributed by atoms with van der Waals surface area (Å²) in [7, 11) is 0. The van der Waals surface area contributed by atoms with Crippen molar-refractivity contribution in [3.8, 4) is 5.75 Å². The molecule has 158 valence electrons. The molecule has 6 rings (SSSR count). The van der Waals surface area contributed by atoms with E-state index in [4.69, 9.17) is 9.47 Å². The normalized spacial score (nSPS) is 42.9.